The zero-order chi connectivity index (χ0) is 22.5. The molecule has 1 unspecified atom stereocenters. The van der Waals surface area contributed by atoms with Crippen LogP contribution < -0.4 is 10.6 Å². The molecule has 1 atom stereocenters. The van der Waals surface area contributed by atoms with Gasteiger partial charge in [0.15, 0.2) is 5.96 Å². The van der Waals surface area contributed by atoms with Crippen molar-refractivity contribution in [3.63, 3.8) is 0 Å². The smallest absolute Gasteiger partial charge is 0.243 e. The first kappa shape index (κ1) is 29.3. The second kappa shape index (κ2) is 16.9. The number of likely N-dealkylation sites (N-methyl/N-ethyl adjacent to an activating group) is 1. The molecule has 2 rings (SSSR count). The van der Waals surface area contributed by atoms with Crippen molar-refractivity contribution in [3.8, 4) is 0 Å². The Kier molecular flexibility index (Phi) is 15.5. The Balaban J connectivity index is 0.00000512. The molecule has 0 aromatic heterocycles. The highest BCUT2D eigenvalue weighted by Crippen LogP contribution is 2.13. The highest BCUT2D eigenvalue weighted by atomic mass is 127. The first-order chi connectivity index (χ1) is 15.0. The second-order valence-corrected chi connectivity index (χ2v) is 9.00. The molecule has 32 heavy (non-hydrogen) atoms. The molecule has 2 aliphatic rings. The SMILES string of the molecule is CC(C)CC(CNC(=NCC(=O)N(C)C)NCCCN1CCOCC1)N1CCOCC1.I. The largest absolute Gasteiger partial charge is 0.379 e. The van der Waals surface area contributed by atoms with Gasteiger partial charge in [0.2, 0.25) is 5.91 Å². The third-order valence-corrected chi connectivity index (χ3v) is 5.73. The van der Waals surface area contributed by atoms with E-state index < -0.39 is 0 Å². The van der Waals surface area contributed by atoms with Gasteiger partial charge in [0.05, 0.1) is 26.4 Å². The van der Waals surface area contributed by atoms with Gasteiger partial charge in [0, 0.05) is 59.4 Å². The number of rotatable bonds is 11. The number of nitrogens with one attached hydrogen (secondary N) is 2. The second-order valence-electron chi connectivity index (χ2n) is 9.00. The molecule has 0 aliphatic carbocycles. The summed E-state index contributed by atoms with van der Waals surface area (Å²) in [6.45, 7) is 14.6. The minimum atomic E-state index is 0. The van der Waals surface area contributed by atoms with Crippen molar-refractivity contribution in [2.75, 3.05) is 92.9 Å². The Morgan fingerprint density at radius 3 is 2.25 bits per heavy atom. The van der Waals surface area contributed by atoms with Crippen LogP contribution in [0.5, 0.6) is 0 Å². The van der Waals surface area contributed by atoms with E-state index in [-0.39, 0.29) is 36.4 Å². The van der Waals surface area contributed by atoms with Crippen LogP contribution in [0.4, 0.5) is 0 Å². The molecule has 0 aromatic rings. The average Bonchev–Trinajstić information content (AvgIpc) is 2.77. The third-order valence-electron chi connectivity index (χ3n) is 5.73. The fourth-order valence-electron chi connectivity index (χ4n) is 3.86. The van der Waals surface area contributed by atoms with Gasteiger partial charge in [-0.1, -0.05) is 13.8 Å². The van der Waals surface area contributed by atoms with Crippen molar-refractivity contribution in [3.05, 3.63) is 0 Å². The monoisotopic (exact) mass is 568 g/mol. The summed E-state index contributed by atoms with van der Waals surface area (Å²) in [6.07, 6.45) is 2.15. The van der Waals surface area contributed by atoms with E-state index in [1.165, 1.54) is 0 Å². The van der Waals surface area contributed by atoms with Gasteiger partial charge < -0.3 is 25.0 Å². The summed E-state index contributed by atoms with van der Waals surface area (Å²) in [5.41, 5.74) is 0. The molecule has 0 saturated carbocycles. The number of hydrogen-bond donors (Lipinski definition) is 2. The maximum Gasteiger partial charge on any atom is 0.243 e. The Labute approximate surface area is 211 Å². The van der Waals surface area contributed by atoms with Gasteiger partial charge in [-0.05, 0) is 25.3 Å². The molecule has 0 aromatic carbocycles. The molecule has 1 amide bonds. The lowest BCUT2D eigenvalue weighted by molar-refractivity contribution is -0.127. The number of nitrogens with zero attached hydrogens (tertiary/aromatic N) is 4. The van der Waals surface area contributed by atoms with E-state index >= 15 is 0 Å². The van der Waals surface area contributed by atoms with Gasteiger partial charge in [-0.2, -0.15) is 0 Å². The predicted octanol–water partition coefficient (Wildman–Crippen LogP) is 0.697. The van der Waals surface area contributed by atoms with Gasteiger partial charge in [-0.3, -0.25) is 14.6 Å². The highest BCUT2D eigenvalue weighted by Gasteiger charge is 2.22. The van der Waals surface area contributed by atoms with Crippen LogP contribution in [0.15, 0.2) is 4.99 Å². The quantitative estimate of drug-likeness (QED) is 0.164. The number of aliphatic imine (C=N–C) groups is 1. The molecule has 9 nitrogen and oxygen atoms in total. The van der Waals surface area contributed by atoms with Crippen molar-refractivity contribution >= 4 is 35.8 Å². The molecular formula is C22H45IN6O3. The lowest BCUT2D eigenvalue weighted by Gasteiger charge is -2.35. The summed E-state index contributed by atoms with van der Waals surface area (Å²) < 4.78 is 10.9. The van der Waals surface area contributed by atoms with Crippen LogP contribution in [0.1, 0.15) is 26.7 Å². The van der Waals surface area contributed by atoms with Gasteiger partial charge in [0.1, 0.15) is 6.54 Å². The van der Waals surface area contributed by atoms with Crippen LogP contribution >= 0.6 is 24.0 Å². The maximum atomic E-state index is 12.0. The molecule has 0 bridgehead atoms. The first-order valence-corrected chi connectivity index (χ1v) is 11.8. The Bertz CT molecular complexity index is 538. The Morgan fingerprint density at radius 1 is 1.03 bits per heavy atom. The number of amides is 1. The maximum absolute atomic E-state index is 12.0. The van der Waals surface area contributed by atoms with E-state index in [1.807, 2.05) is 0 Å². The summed E-state index contributed by atoms with van der Waals surface area (Å²) in [7, 11) is 3.52. The van der Waals surface area contributed by atoms with Crippen molar-refractivity contribution in [1.82, 2.24) is 25.3 Å². The van der Waals surface area contributed by atoms with Crippen LogP contribution in [-0.2, 0) is 14.3 Å². The van der Waals surface area contributed by atoms with E-state index in [1.54, 1.807) is 19.0 Å². The molecule has 2 fully saturated rings. The van der Waals surface area contributed by atoms with E-state index in [4.69, 9.17) is 9.47 Å². The average molecular weight is 569 g/mol. The van der Waals surface area contributed by atoms with E-state index in [9.17, 15) is 4.79 Å². The van der Waals surface area contributed by atoms with Gasteiger partial charge in [-0.25, -0.2) is 4.99 Å². The number of guanidine groups is 1. The lowest BCUT2D eigenvalue weighted by Crippen LogP contribution is -2.51. The normalized spacial score (nSPS) is 19.3. The third kappa shape index (κ3) is 12.0. The molecule has 10 heteroatoms. The molecule has 0 radical (unpaired) electrons. The summed E-state index contributed by atoms with van der Waals surface area (Å²) in [6, 6.07) is 0.425. The van der Waals surface area contributed by atoms with Gasteiger partial charge >= 0.3 is 0 Å². The molecule has 188 valence electrons. The zero-order valence-corrected chi connectivity index (χ0v) is 22.8. The van der Waals surface area contributed by atoms with Gasteiger partial charge in [-0.15, -0.1) is 24.0 Å². The van der Waals surface area contributed by atoms with Crippen molar-refractivity contribution in [2.45, 2.75) is 32.7 Å². The lowest BCUT2D eigenvalue weighted by atomic mass is 10.0. The number of carbonyl (C=O) groups is 1. The highest BCUT2D eigenvalue weighted by molar-refractivity contribution is 14.0. The minimum Gasteiger partial charge on any atom is -0.379 e. The molecular weight excluding hydrogens is 523 g/mol. The number of ether oxygens (including phenoxy) is 2. The molecule has 0 spiro atoms. The minimum absolute atomic E-state index is 0. The summed E-state index contributed by atoms with van der Waals surface area (Å²) >= 11 is 0. The van der Waals surface area contributed by atoms with Crippen LogP contribution in [0.3, 0.4) is 0 Å². The van der Waals surface area contributed by atoms with Crippen LogP contribution in [0, 0.1) is 5.92 Å². The molecule has 2 saturated heterocycles. The number of halogens is 1. The van der Waals surface area contributed by atoms with E-state index in [0.717, 1.165) is 91.0 Å². The number of morpholine rings is 2. The topological polar surface area (TPSA) is 81.7 Å². The number of hydrogen-bond acceptors (Lipinski definition) is 6. The Hall–Kier alpha value is -0.690. The van der Waals surface area contributed by atoms with Crippen molar-refractivity contribution < 1.29 is 14.3 Å². The van der Waals surface area contributed by atoms with Crippen molar-refractivity contribution in [2.24, 2.45) is 10.9 Å². The standard InChI is InChI=1S/C22H44N6O3.HI/c1-19(2)16-20(28-10-14-31-15-11-28)17-24-22(25-18-21(29)26(3)4)23-6-5-7-27-8-12-30-13-9-27;/h19-20H,5-18H2,1-4H3,(H2,23,24,25);1H. The molecule has 2 aliphatic heterocycles. The predicted molar refractivity (Wildman–Crippen MR) is 140 cm³/mol. The van der Waals surface area contributed by atoms with Crippen LogP contribution in [0.25, 0.3) is 0 Å². The fourth-order valence-corrected chi connectivity index (χ4v) is 3.86. The van der Waals surface area contributed by atoms with E-state index in [0.29, 0.717) is 12.0 Å². The summed E-state index contributed by atoms with van der Waals surface area (Å²) in [5.74, 6) is 1.34. The van der Waals surface area contributed by atoms with Crippen molar-refractivity contribution in [1.29, 1.82) is 0 Å². The fraction of sp³-hybridized carbons (Fsp3) is 0.909. The summed E-state index contributed by atoms with van der Waals surface area (Å²) in [4.78, 5) is 23.1. The van der Waals surface area contributed by atoms with E-state index in [2.05, 4.69) is 39.3 Å². The van der Waals surface area contributed by atoms with Gasteiger partial charge in [0.25, 0.3) is 0 Å². The molecule has 2 N–H and O–H groups in total. The van der Waals surface area contributed by atoms with Crippen LogP contribution in [0.2, 0.25) is 0 Å². The van der Waals surface area contributed by atoms with Crippen LogP contribution in [-0.4, -0.2) is 125 Å². The Morgan fingerprint density at radius 2 is 1.66 bits per heavy atom. The number of carbonyl (C=O) groups excluding carboxylic acids is 1. The molecule has 2 heterocycles. The zero-order valence-electron chi connectivity index (χ0n) is 20.5. The summed E-state index contributed by atoms with van der Waals surface area (Å²) in [5, 5.41) is 6.94. The first-order valence-electron chi connectivity index (χ1n) is 11.8.